The van der Waals surface area contributed by atoms with E-state index >= 15 is 0 Å². The average molecular weight is 285 g/mol. The molecule has 5 nitrogen and oxygen atoms in total. The van der Waals surface area contributed by atoms with Gasteiger partial charge in [-0.1, -0.05) is 6.92 Å². The van der Waals surface area contributed by atoms with Crippen molar-refractivity contribution in [3.8, 4) is 0 Å². The molecule has 19 heavy (non-hydrogen) atoms. The molecule has 0 atom stereocenters. The number of thioether (sulfide) groups is 1. The maximum absolute atomic E-state index is 12.2. The van der Waals surface area contributed by atoms with E-state index in [0.717, 1.165) is 17.9 Å². The SMILES string of the molecule is CCCN(CC(=O)OC)C(=O)c1ccc(CSC)o1. The third-order valence-electron chi connectivity index (χ3n) is 2.49. The first-order chi connectivity index (χ1) is 9.12. The second kappa shape index (κ2) is 7.89. The number of carbonyl (C=O) groups is 2. The van der Waals surface area contributed by atoms with Crippen molar-refractivity contribution in [3.63, 3.8) is 0 Å². The monoisotopic (exact) mass is 285 g/mol. The van der Waals surface area contributed by atoms with Crippen molar-refractivity contribution in [1.29, 1.82) is 0 Å². The van der Waals surface area contributed by atoms with Crippen LogP contribution in [0.2, 0.25) is 0 Å². The van der Waals surface area contributed by atoms with Gasteiger partial charge in [-0.2, -0.15) is 11.8 Å². The number of esters is 1. The van der Waals surface area contributed by atoms with Crippen LogP contribution in [0.5, 0.6) is 0 Å². The van der Waals surface area contributed by atoms with E-state index < -0.39 is 5.97 Å². The van der Waals surface area contributed by atoms with Gasteiger partial charge in [0.15, 0.2) is 5.76 Å². The van der Waals surface area contributed by atoms with Gasteiger partial charge in [0, 0.05) is 6.54 Å². The molecular weight excluding hydrogens is 266 g/mol. The van der Waals surface area contributed by atoms with Crippen molar-refractivity contribution in [3.05, 3.63) is 23.7 Å². The minimum Gasteiger partial charge on any atom is -0.468 e. The number of hydrogen-bond acceptors (Lipinski definition) is 5. The first-order valence-electron chi connectivity index (χ1n) is 6.06. The average Bonchev–Trinajstić information content (AvgIpc) is 2.86. The number of furan rings is 1. The predicted octanol–water partition coefficient (Wildman–Crippen LogP) is 2.17. The number of ether oxygens (including phenoxy) is 1. The van der Waals surface area contributed by atoms with Gasteiger partial charge >= 0.3 is 5.97 Å². The zero-order chi connectivity index (χ0) is 14.3. The molecule has 106 valence electrons. The number of hydrogen-bond donors (Lipinski definition) is 0. The van der Waals surface area contributed by atoms with Crippen LogP contribution in [-0.4, -0.2) is 43.2 Å². The van der Waals surface area contributed by atoms with E-state index in [2.05, 4.69) is 4.74 Å². The zero-order valence-electron chi connectivity index (χ0n) is 11.5. The van der Waals surface area contributed by atoms with Crippen molar-refractivity contribution >= 4 is 23.6 Å². The Morgan fingerprint density at radius 1 is 1.42 bits per heavy atom. The Morgan fingerprint density at radius 3 is 2.74 bits per heavy atom. The lowest BCUT2D eigenvalue weighted by Gasteiger charge is -2.19. The fraction of sp³-hybridized carbons (Fsp3) is 0.538. The van der Waals surface area contributed by atoms with E-state index in [9.17, 15) is 9.59 Å². The highest BCUT2D eigenvalue weighted by molar-refractivity contribution is 7.97. The Labute approximate surface area is 117 Å². The number of rotatable bonds is 7. The van der Waals surface area contributed by atoms with Crippen molar-refractivity contribution in [2.45, 2.75) is 19.1 Å². The van der Waals surface area contributed by atoms with Crippen LogP contribution in [0.25, 0.3) is 0 Å². The predicted molar refractivity (Wildman–Crippen MR) is 74.1 cm³/mol. The lowest BCUT2D eigenvalue weighted by molar-refractivity contribution is -0.141. The van der Waals surface area contributed by atoms with Crippen molar-refractivity contribution < 1.29 is 18.7 Å². The normalized spacial score (nSPS) is 10.3. The molecule has 6 heteroatoms. The Balaban J connectivity index is 2.76. The van der Waals surface area contributed by atoms with Gasteiger partial charge in [0.05, 0.1) is 12.9 Å². The van der Waals surface area contributed by atoms with Gasteiger partial charge in [-0.15, -0.1) is 0 Å². The Kier molecular flexibility index (Phi) is 6.49. The summed E-state index contributed by atoms with van der Waals surface area (Å²) in [6.45, 7) is 2.38. The van der Waals surface area contributed by atoms with Crippen LogP contribution in [0.3, 0.4) is 0 Å². The maximum atomic E-state index is 12.2. The lowest BCUT2D eigenvalue weighted by atomic mass is 10.3. The molecule has 0 aromatic carbocycles. The standard InChI is InChI=1S/C13H19NO4S/c1-4-7-14(8-12(15)17-2)13(16)11-6-5-10(18-11)9-19-3/h5-6H,4,7-9H2,1-3H3. The van der Waals surface area contributed by atoms with Crippen LogP contribution in [0.15, 0.2) is 16.5 Å². The molecule has 0 N–H and O–H groups in total. The van der Waals surface area contributed by atoms with Gasteiger partial charge in [0.2, 0.25) is 0 Å². The smallest absolute Gasteiger partial charge is 0.325 e. The molecule has 0 aliphatic heterocycles. The van der Waals surface area contributed by atoms with E-state index in [4.69, 9.17) is 4.42 Å². The summed E-state index contributed by atoms with van der Waals surface area (Å²) in [6.07, 6.45) is 2.73. The highest BCUT2D eigenvalue weighted by Crippen LogP contribution is 2.15. The molecule has 1 aromatic heterocycles. The molecule has 0 saturated carbocycles. The highest BCUT2D eigenvalue weighted by atomic mass is 32.2. The van der Waals surface area contributed by atoms with Crippen LogP contribution in [0.1, 0.15) is 29.7 Å². The van der Waals surface area contributed by atoms with Gasteiger partial charge in [-0.3, -0.25) is 9.59 Å². The molecule has 1 rings (SSSR count). The molecular formula is C13H19NO4S. The second-order valence-corrected chi connectivity index (χ2v) is 4.87. The number of nitrogens with zero attached hydrogens (tertiary/aromatic N) is 1. The minimum atomic E-state index is -0.433. The fourth-order valence-electron chi connectivity index (χ4n) is 1.61. The molecule has 0 fully saturated rings. The summed E-state index contributed by atoms with van der Waals surface area (Å²) in [5.41, 5.74) is 0. The van der Waals surface area contributed by atoms with Crippen LogP contribution < -0.4 is 0 Å². The largest absolute Gasteiger partial charge is 0.468 e. The van der Waals surface area contributed by atoms with Gasteiger partial charge in [0.1, 0.15) is 12.3 Å². The highest BCUT2D eigenvalue weighted by Gasteiger charge is 2.21. The number of methoxy groups -OCH3 is 1. The van der Waals surface area contributed by atoms with E-state index in [0.29, 0.717) is 6.54 Å². The molecule has 0 bridgehead atoms. The van der Waals surface area contributed by atoms with E-state index in [1.54, 1.807) is 23.9 Å². The van der Waals surface area contributed by atoms with Crippen LogP contribution in [0.4, 0.5) is 0 Å². The molecule has 0 radical (unpaired) electrons. The topological polar surface area (TPSA) is 59.8 Å². The van der Waals surface area contributed by atoms with E-state index in [-0.39, 0.29) is 18.2 Å². The molecule has 0 aliphatic carbocycles. The summed E-state index contributed by atoms with van der Waals surface area (Å²) in [5, 5.41) is 0. The van der Waals surface area contributed by atoms with Gasteiger partial charge in [-0.05, 0) is 24.8 Å². The van der Waals surface area contributed by atoms with Gasteiger partial charge < -0.3 is 14.1 Å². The van der Waals surface area contributed by atoms with E-state index in [1.165, 1.54) is 12.0 Å². The lowest BCUT2D eigenvalue weighted by Crippen LogP contribution is -2.36. The summed E-state index contributed by atoms with van der Waals surface area (Å²) in [7, 11) is 1.31. The third-order valence-corrected chi connectivity index (χ3v) is 3.06. The molecule has 1 amide bonds. The molecule has 0 saturated heterocycles. The molecule has 0 spiro atoms. The van der Waals surface area contributed by atoms with Crippen LogP contribution in [0, 0.1) is 0 Å². The minimum absolute atomic E-state index is 0.0538. The Bertz CT molecular complexity index is 430. The molecule has 1 aromatic rings. The summed E-state index contributed by atoms with van der Waals surface area (Å²) in [6, 6.07) is 3.43. The van der Waals surface area contributed by atoms with Gasteiger partial charge in [0.25, 0.3) is 5.91 Å². The van der Waals surface area contributed by atoms with Crippen LogP contribution in [-0.2, 0) is 15.3 Å². The fourth-order valence-corrected chi connectivity index (χ4v) is 2.05. The van der Waals surface area contributed by atoms with Gasteiger partial charge in [-0.25, -0.2) is 0 Å². The first kappa shape index (κ1) is 15.6. The molecule has 0 aliphatic rings. The third kappa shape index (κ3) is 4.63. The van der Waals surface area contributed by atoms with Crippen molar-refractivity contribution in [2.24, 2.45) is 0 Å². The quantitative estimate of drug-likeness (QED) is 0.719. The molecule has 1 heterocycles. The Hall–Kier alpha value is -1.43. The number of amides is 1. The summed E-state index contributed by atoms with van der Waals surface area (Å²) in [5.74, 6) is 1.03. The second-order valence-electron chi connectivity index (χ2n) is 4.00. The van der Waals surface area contributed by atoms with Crippen molar-refractivity contribution in [1.82, 2.24) is 4.90 Å². The van der Waals surface area contributed by atoms with E-state index in [1.807, 2.05) is 13.2 Å². The maximum Gasteiger partial charge on any atom is 0.325 e. The molecule has 0 unspecified atom stereocenters. The van der Waals surface area contributed by atoms with Crippen molar-refractivity contribution in [2.75, 3.05) is 26.5 Å². The van der Waals surface area contributed by atoms with Crippen LogP contribution >= 0.6 is 11.8 Å². The Morgan fingerprint density at radius 2 is 2.16 bits per heavy atom. The summed E-state index contributed by atoms with van der Waals surface area (Å²) < 4.78 is 10.1. The number of carbonyl (C=O) groups excluding carboxylic acids is 2. The summed E-state index contributed by atoms with van der Waals surface area (Å²) >= 11 is 1.62. The first-order valence-corrected chi connectivity index (χ1v) is 7.45. The summed E-state index contributed by atoms with van der Waals surface area (Å²) in [4.78, 5) is 24.9. The zero-order valence-corrected chi connectivity index (χ0v) is 12.3.